The average molecular weight is 303 g/mol. The third-order valence-electron chi connectivity index (χ3n) is 3.31. The highest BCUT2D eigenvalue weighted by Gasteiger charge is 2.11. The molecule has 4 rings (SSSR count). The van der Waals surface area contributed by atoms with Gasteiger partial charge in [0, 0.05) is 5.69 Å². The quantitative estimate of drug-likeness (QED) is 0.604. The lowest BCUT2D eigenvalue weighted by molar-refractivity contribution is 0.858. The fourth-order valence-corrected chi connectivity index (χ4v) is 2.25. The summed E-state index contributed by atoms with van der Waals surface area (Å²) in [6.07, 6.45) is 1.62. The summed E-state index contributed by atoms with van der Waals surface area (Å²) in [4.78, 5) is 13.1. The molecule has 0 aliphatic rings. The standard InChI is InChI=1S/C16H13N7/c17-15-21-16(19-11-6-2-1-3-7-11)22-23(15)14-10-18-12-8-4-5-9-13(12)20-14/h1-10H,(H3,17,19,21,22). The van der Waals surface area contributed by atoms with Crippen molar-refractivity contribution in [3.63, 3.8) is 0 Å². The predicted octanol–water partition coefficient (Wildman–Crippen LogP) is 2.54. The summed E-state index contributed by atoms with van der Waals surface area (Å²) in [7, 11) is 0. The van der Waals surface area contributed by atoms with Crippen LogP contribution in [0.4, 0.5) is 17.6 Å². The fourth-order valence-electron chi connectivity index (χ4n) is 2.25. The molecule has 112 valence electrons. The summed E-state index contributed by atoms with van der Waals surface area (Å²) in [6, 6.07) is 17.3. The highest BCUT2D eigenvalue weighted by atomic mass is 15.4. The van der Waals surface area contributed by atoms with E-state index < -0.39 is 0 Å². The summed E-state index contributed by atoms with van der Waals surface area (Å²) in [5.41, 5.74) is 8.43. The molecule has 0 fully saturated rings. The van der Waals surface area contributed by atoms with Gasteiger partial charge in [0.15, 0.2) is 5.82 Å². The Morgan fingerprint density at radius 1 is 0.870 bits per heavy atom. The lowest BCUT2D eigenvalue weighted by Crippen LogP contribution is -2.05. The van der Waals surface area contributed by atoms with Crippen molar-refractivity contribution in [2.45, 2.75) is 0 Å². The van der Waals surface area contributed by atoms with Crippen LogP contribution in [-0.4, -0.2) is 24.7 Å². The fraction of sp³-hybridized carbons (Fsp3) is 0. The van der Waals surface area contributed by atoms with Gasteiger partial charge in [-0.15, -0.1) is 5.10 Å². The van der Waals surface area contributed by atoms with Crippen LogP contribution in [0.15, 0.2) is 60.8 Å². The van der Waals surface area contributed by atoms with Crippen LogP contribution in [0.1, 0.15) is 0 Å². The van der Waals surface area contributed by atoms with Crippen molar-refractivity contribution >= 4 is 28.6 Å². The molecular formula is C16H13N7. The van der Waals surface area contributed by atoms with Gasteiger partial charge in [-0.2, -0.15) is 9.67 Å². The Morgan fingerprint density at radius 2 is 1.61 bits per heavy atom. The van der Waals surface area contributed by atoms with Gasteiger partial charge in [0.05, 0.1) is 17.2 Å². The summed E-state index contributed by atoms with van der Waals surface area (Å²) in [5, 5.41) is 7.45. The van der Waals surface area contributed by atoms with E-state index in [-0.39, 0.29) is 5.95 Å². The van der Waals surface area contributed by atoms with Crippen LogP contribution in [0.3, 0.4) is 0 Å². The van der Waals surface area contributed by atoms with Crippen molar-refractivity contribution in [2.75, 3.05) is 11.1 Å². The maximum Gasteiger partial charge on any atom is 0.248 e. The minimum atomic E-state index is 0.244. The second-order valence-electron chi connectivity index (χ2n) is 4.91. The van der Waals surface area contributed by atoms with Crippen LogP contribution in [0.25, 0.3) is 16.9 Å². The number of nitrogens with two attached hydrogens (primary N) is 1. The van der Waals surface area contributed by atoms with E-state index in [1.165, 1.54) is 4.68 Å². The van der Waals surface area contributed by atoms with E-state index in [4.69, 9.17) is 5.73 Å². The number of nitrogens with zero attached hydrogens (tertiary/aromatic N) is 5. The molecule has 0 amide bonds. The molecule has 0 unspecified atom stereocenters. The number of para-hydroxylation sites is 3. The summed E-state index contributed by atoms with van der Waals surface area (Å²) < 4.78 is 1.46. The van der Waals surface area contributed by atoms with Crippen molar-refractivity contribution in [1.82, 2.24) is 24.7 Å². The van der Waals surface area contributed by atoms with Crippen LogP contribution < -0.4 is 11.1 Å². The second-order valence-corrected chi connectivity index (χ2v) is 4.91. The van der Waals surface area contributed by atoms with E-state index in [1.54, 1.807) is 6.20 Å². The molecule has 7 heteroatoms. The Labute approximate surface area is 131 Å². The average Bonchev–Trinajstić information content (AvgIpc) is 2.95. The molecule has 0 saturated carbocycles. The van der Waals surface area contributed by atoms with Crippen molar-refractivity contribution in [2.24, 2.45) is 0 Å². The van der Waals surface area contributed by atoms with Crippen molar-refractivity contribution in [3.8, 4) is 5.82 Å². The van der Waals surface area contributed by atoms with Gasteiger partial charge in [-0.3, -0.25) is 4.98 Å². The zero-order valence-corrected chi connectivity index (χ0v) is 12.1. The molecule has 3 N–H and O–H groups in total. The highest BCUT2D eigenvalue weighted by Crippen LogP contribution is 2.17. The first kappa shape index (κ1) is 13.2. The first-order valence-electron chi connectivity index (χ1n) is 7.06. The maximum absolute atomic E-state index is 5.95. The van der Waals surface area contributed by atoms with Crippen LogP contribution >= 0.6 is 0 Å². The molecule has 0 saturated heterocycles. The SMILES string of the molecule is Nc1nc(Nc2ccccc2)nn1-c1cnc2ccccc2n1. The van der Waals surface area contributed by atoms with Crippen LogP contribution in [0.5, 0.6) is 0 Å². The summed E-state index contributed by atoms with van der Waals surface area (Å²) >= 11 is 0. The topological polar surface area (TPSA) is 94.5 Å². The van der Waals surface area contributed by atoms with Crippen molar-refractivity contribution in [1.29, 1.82) is 0 Å². The van der Waals surface area contributed by atoms with Gasteiger partial charge in [0.25, 0.3) is 0 Å². The number of hydrogen-bond acceptors (Lipinski definition) is 6. The molecule has 2 aromatic heterocycles. The van der Waals surface area contributed by atoms with Gasteiger partial charge in [0.2, 0.25) is 11.9 Å². The molecule has 0 spiro atoms. The van der Waals surface area contributed by atoms with Crippen LogP contribution in [0.2, 0.25) is 0 Å². The molecule has 0 aliphatic carbocycles. The number of fused-ring (bicyclic) bond motifs is 1. The number of aromatic nitrogens is 5. The Kier molecular flexibility index (Phi) is 3.09. The van der Waals surface area contributed by atoms with E-state index in [0.717, 1.165) is 16.7 Å². The monoisotopic (exact) mass is 303 g/mol. The minimum absolute atomic E-state index is 0.244. The van der Waals surface area contributed by atoms with Gasteiger partial charge < -0.3 is 11.1 Å². The number of nitrogen functional groups attached to an aromatic ring is 1. The van der Waals surface area contributed by atoms with Gasteiger partial charge in [-0.25, -0.2) is 4.98 Å². The number of benzene rings is 2. The van der Waals surface area contributed by atoms with E-state index >= 15 is 0 Å². The van der Waals surface area contributed by atoms with Gasteiger partial charge in [-0.1, -0.05) is 30.3 Å². The summed E-state index contributed by atoms with van der Waals surface area (Å²) in [5.74, 6) is 1.17. The Balaban J connectivity index is 1.70. The number of nitrogens with one attached hydrogen (secondary N) is 1. The molecule has 0 bridgehead atoms. The molecule has 0 atom stereocenters. The van der Waals surface area contributed by atoms with Gasteiger partial charge >= 0.3 is 0 Å². The lowest BCUT2D eigenvalue weighted by atomic mass is 10.3. The smallest absolute Gasteiger partial charge is 0.248 e. The van der Waals surface area contributed by atoms with Gasteiger partial charge in [0.1, 0.15) is 0 Å². The highest BCUT2D eigenvalue weighted by molar-refractivity contribution is 5.74. The molecule has 7 nitrogen and oxygen atoms in total. The molecule has 0 aliphatic heterocycles. The minimum Gasteiger partial charge on any atom is -0.368 e. The van der Waals surface area contributed by atoms with Crippen molar-refractivity contribution in [3.05, 3.63) is 60.8 Å². The molecule has 2 heterocycles. The van der Waals surface area contributed by atoms with Crippen LogP contribution in [0, 0.1) is 0 Å². The number of hydrogen-bond donors (Lipinski definition) is 2. The lowest BCUT2D eigenvalue weighted by Gasteiger charge is -2.02. The largest absolute Gasteiger partial charge is 0.368 e. The van der Waals surface area contributed by atoms with Crippen molar-refractivity contribution < 1.29 is 0 Å². The molecule has 23 heavy (non-hydrogen) atoms. The Bertz CT molecular complexity index is 963. The zero-order valence-electron chi connectivity index (χ0n) is 12.1. The Hall–Kier alpha value is -3.48. The molecular weight excluding hydrogens is 290 g/mol. The van der Waals surface area contributed by atoms with E-state index in [0.29, 0.717) is 11.8 Å². The second kappa shape index (κ2) is 5.38. The normalized spacial score (nSPS) is 10.8. The first-order valence-corrected chi connectivity index (χ1v) is 7.06. The zero-order chi connectivity index (χ0) is 15.6. The van der Waals surface area contributed by atoms with E-state index in [1.807, 2.05) is 54.6 Å². The molecule has 4 aromatic rings. The summed E-state index contributed by atoms with van der Waals surface area (Å²) in [6.45, 7) is 0. The van der Waals surface area contributed by atoms with Crippen LogP contribution in [-0.2, 0) is 0 Å². The number of anilines is 3. The predicted molar refractivity (Wildman–Crippen MR) is 88.6 cm³/mol. The molecule has 0 radical (unpaired) electrons. The molecule has 2 aromatic carbocycles. The van der Waals surface area contributed by atoms with Gasteiger partial charge in [-0.05, 0) is 24.3 Å². The van der Waals surface area contributed by atoms with E-state index in [9.17, 15) is 0 Å². The Morgan fingerprint density at radius 3 is 2.43 bits per heavy atom. The third-order valence-corrected chi connectivity index (χ3v) is 3.31. The maximum atomic E-state index is 5.95. The number of rotatable bonds is 3. The third kappa shape index (κ3) is 2.55. The first-order chi connectivity index (χ1) is 11.3. The van der Waals surface area contributed by atoms with E-state index in [2.05, 4.69) is 25.4 Å².